The van der Waals surface area contributed by atoms with Crippen LogP contribution in [-0.2, 0) is 6.42 Å². The lowest BCUT2D eigenvalue weighted by atomic mass is 9.89. The van der Waals surface area contributed by atoms with Crippen LogP contribution in [0.2, 0.25) is 0 Å². The third-order valence-electron chi connectivity index (χ3n) is 3.36. The summed E-state index contributed by atoms with van der Waals surface area (Å²) in [6.45, 7) is 0. The van der Waals surface area contributed by atoms with Crippen molar-refractivity contribution in [1.29, 1.82) is 0 Å². The van der Waals surface area contributed by atoms with Crippen LogP contribution < -0.4 is 0 Å². The molecule has 0 aromatic carbocycles. The molecular weight excluding hydrogens is 292 g/mol. The van der Waals surface area contributed by atoms with Crippen molar-refractivity contribution in [3.05, 3.63) is 20.8 Å². The van der Waals surface area contributed by atoms with E-state index in [2.05, 4.69) is 28.1 Å². The average Bonchev–Trinajstić information content (AvgIpc) is 2.85. The van der Waals surface area contributed by atoms with E-state index in [9.17, 15) is 0 Å². The minimum absolute atomic E-state index is 0.694. The molecule has 84 valence electrons. The van der Waals surface area contributed by atoms with Gasteiger partial charge in [0.1, 0.15) is 0 Å². The molecule has 3 heteroatoms. The second-order valence-corrected chi connectivity index (χ2v) is 7.23. The lowest BCUT2D eigenvalue weighted by molar-refractivity contribution is 0.371. The van der Waals surface area contributed by atoms with E-state index in [4.69, 9.17) is 11.6 Å². The Balaban J connectivity index is 1.95. The zero-order valence-electron chi connectivity index (χ0n) is 8.72. The summed E-state index contributed by atoms with van der Waals surface area (Å²) in [7, 11) is 0. The van der Waals surface area contributed by atoms with Gasteiger partial charge in [-0.05, 0) is 46.3 Å². The van der Waals surface area contributed by atoms with E-state index < -0.39 is 0 Å². The summed E-state index contributed by atoms with van der Waals surface area (Å²) in [6, 6.07) is 4.36. The molecular formula is C12H16BrClS. The number of alkyl halides is 1. The van der Waals surface area contributed by atoms with Crippen LogP contribution in [0.15, 0.2) is 15.9 Å². The smallest absolute Gasteiger partial charge is 0.0701 e. The maximum atomic E-state index is 6.10. The first-order chi connectivity index (χ1) is 7.29. The van der Waals surface area contributed by atoms with Gasteiger partial charge in [0.2, 0.25) is 0 Å². The molecule has 1 aliphatic carbocycles. The van der Waals surface area contributed by atoms with Gasteiger partial charge in [-0.1, -0.05) is 25.7 Å². The number of hydrogen-bond acceptors (Lipinski definition) is 1. The van der Waals surface area contributed by atoms with E-state index in [0.29, 0.717) is 5.92 Å². The van der Waals surface area contributed by atoms with Crippen molar-refractivity contribution >= 4 is 38.9 Å². The van der Waals surface area contributed by atoms with Crippen LogP contribution in [-0.4, -0.2) is 5.88 Å². The second kappa shape index (κ2) is 5.70. The van der Waals surface area contributed by atoms with Crippen LogP contribution in [0.4, 0.5) is 0 Å². The number of halogens is 2. The van der Waals surface area contributed by atoms with Crippen LogP contribution in [0.25, 0.3) is 0 Å². The van der Waals surface area contributed by atoms with Crippen molar-refractivity contribution in [2.45, 2.75) is 32.1 Å². The molecule has 0 radical (unpaired) electrons. The van der Waals surface area contributed by atoms with Gasteiger partial charge in [0.05, 0.1) is 3.79 Å². The molecule has 0 nitrogen and oxygen atoms in total. The summed E-state index contributed by atoms with van der Waals surface area (Å²) in [5.41, 5.74) is 0. The molecule has 0 bridgehead atoms. The van der Waals surface area contributed by atoms with Gasteiger partial charge >= 0.3 is 0 Å². The van der Waals surface area contributed by atoms with Crippen LogP contribution in [0.3, 0.4) is 0 Å². The molecule has 0 spiro atoms. The molecule has 1 unspecified atom stereocenters. The molecule has 1 heterocycles. The minimum Gasteiger partial charge on any atom is -0.133 e. The van der Waals surface area contributed by atoms with Crippen molar-refractivity contribution in [2.75, 3.05) is 5.88 Å². The molecule has 1 fully saturated rings. The third-order valence-corrected chi connectivity index (χ3v) is 5.40. The first kappa shape index (κ1) is 11.9. The first-order valence-electron chi connectivity index (χ1n) is 5.60. The molecule has 1 saturated carbocycles. The van der Waals surface area contributed by atoms with Crippen molar-refractivity contribution in [3.8, 4) is 0 Å². The summed E-state index contributed by atoms with van der Waals surface area (Å²) in [4.78, 5) is 1.47. The highest BCUT2D eigenvalue weighted by atomic mass is 79.9. The van der Waals surface area contributed by atoms with E-state index >= 15 is 0 Å². The van der Waals surface area contributed by atoms with Crippen LogP contribution >= 0.6 is 38.9 Å². The summed E-state index contributed by atoms with van der Waals surface area (Å²) < 4.78 is 1.23. The van der Waals surface area contributed by atoms with E-state index in [1.54, 1.807) is 0 Å². The van der Waals surface area contributed by atoms with Crippen molar-refractivity contribution in [1.82, 2.24) is 0 Å². The monoisotopic (exact) mass is 306 g/mol. The van der Waals surface area contributed by atoms with Gasteiger partial charge in [0.15, 0.2) is 0 Å². The Morgan fingerprint density at radius 1 is 1.40 bits per heavy atom. The Hall–Kier alpha value is 0.470. The van der Waals surface area contributed by atoms with Crippen molar-refractivity contribution in [3.63, 3.8) is 0 Å². The molecule has 0 amide bonds. The van der Waals surface area contributed by atoms with Gasteiger partial charge in [-0.25, -0.2) is 0 Å². The number of hydrogen-bond donors (Lipinski definition) is 0. The fourth-order valence-electron chi connectivity index (χ4n) is 2.50. The Kier molecular flexibility index (Phi) is 4.53. The first-order valence-corrected chi connectivity index (χ1v) is 7.74. The maximum absolute atomic E-state index is 6.10. The van der Waals surface area contributed by atoms with Gasteiger partial charge in [-0.2, -0.15) is 0 Å². The molecule has 2 rings (SSSR count). The third kappa shape index (κ3) is 3.21. The van der Waals surface area contributed by atoms with Gasteiger partial charge in [0, 0.05) is 10.8 Å². The summed E-state index contributed by atoms with van der Waals surface area (Å²) in [5, 5.41) is 0. The predicted molar refractivity (Wildman–Crippen MR) is 71.9 cm³/mol. The van der Waals surface area contributed by atoms with E-state index in [1.165, 1.54) is 40.8 Å². The lowest BCUT2D eigenvalue weighted by Crippen LogP contribution is -2.15. The summed E-state index contributed by atoms with van der Waals surface area (Å²) in [5.74, 6) is 2.39. The molecule has 1 aromatic heterocycles. The van der Waals surface area contributed by atoms with Crippen LogP contribution in [0.1, 0.15) is 30.6 Å². The van der Waals surface area contributed by atoms with E-state index in [-0.39, 0.29) is 0 Å². The van der Waals surface area contributed by atoms with Gasteiger partial charge in [-0.15, -0.1) is 22.9 Å². The Bertz CT molecular complexity index is 304. The number of rotatable bonds is 4. The van der Waals surface area contributed by atoms with Crippen LogP contribution in [0.5, 0.6) is 0 Å². The highest BCUT2D eigenvalue weighted by Crippen LogP contribution is 2.35. The predicted octanol–water partition coefficient (Wildman–Crippen LogP) is 5.10. The van der Waals surface area contributed by atoms with E-state index in [1.807, 2.05) is 11.3 Å². The summed E-state index contributed by atoms with van der Waals surface area (Å²) in [6.07, 6.45) is 6.77. The van der Waals surface area contributed by atoms with Crippen LogP contribution in [0, 0.1) is 11.8 Å². The average molecular weight is 308 g/mol. The molecule has 15 heavy (non-hydrogen) atoms. The molecule has 1 atom stereocenters. The Morgan fingerprint density at radius 3 is 2.67 bits per heavy atom. The normalized spacial score (nSPS) is 19.6. The fraction of sp³-hybridized carbons (Fsp3) is 0.667. The molecule has 0 aliphatic heterocycles. The largest absolute Gasteiger partial charge is 0.133 e. The van der Waals surface area contributed by atoms with Crippen molar-refractivity contribution in [2.24, 2.45) is 11.8 Å². The lowest BCUT2D eigenvalue weighted by Gasteiger charge is -2.20. The topological polar surface area (TPSA) is 0 Å². The SMILES string of the molecule is ClCC(Cc1ccc(Br)s1)C1CCCC1. The van der Waals surface area contributed by atoms with E-state index in [0.717, 1.165) is 11.8 Å². The maximum Gasteiger partial charge on any atom is 0.0701 e. The number of thiophene rings is 1. The quantitative estimate of drug-likeness (QED) is 0.679. The molecule has 0 N–H and O–H groups in total. The minimum atomic E-state index is 0.694. The van der Waals surface area contributed by atoms with Gasteiger partial charge in [0.25, 0.3) is 0 Å². The highest BCUT2D eigenvalue weighted by Gasteiger charge is 2.24. The Morgan fingerprint density at radius 2 is 2.13 bits per heavy atom. The summed E-state index contributed by atoms with van der Waals surface area (Å²) >= 11 is 11.5. The Labute approximate surface area is 109 Å². The zero-order chi connectivity index (χ0) is 10.7. The molecule has 0 saturated heterocycles. The second-order valence-electron chi connectivity index (χ2n) is 4.37. The highest BCUT2D eigenvalue weighted by molar-refractivity contribution is 9.11. The van der Waals surface area contributed by atoms with Crippen molar-refractivity contribution < 1.29 is 0 Å². The zero-order valence-corrected chi connectivity index (χ0v) is 11.9. The molecule has 1 aliphatic rings. The fourth-order valence-corrected chi connectivity index (χ4v) is 4.43. The molecule has 1 aromatic rings. The van der Waals surface area contributed by atoms with Gasteiger partial charge < -0.3 is 0 Å². The van der Waals surface area contributed by atoms with Gasteiger partial charge in [-0.3, -0.25) is 0 Å². The standard InChI is InChI=1S/C12H16BrClS/c13-12-6-5-11(15-12)7-10(8-14)9-3-1-2-4-9/h5-6,9-10H,1-4,7-8H2.